The number of aromatic amines is 2. The molecule has 120 valence electrons. The van der Waals surface area contributed by atoms with Crippen LogP contribution in [0.15, 0.2) is 46.0 Å². The van der Waals surface area contributed by atoms with Crippen molar-refractivity contribution in [3.05, 3.63) is 68.5 Å². The molecule has 0 fully saturated rings. The Morgan fingerprint density at radius 2 is 0.955 bits per heavy atom. The van der Waals surface area contributed by atoms with Gasteiger partial charge in [-0.1, -0.05) is 53.7 Å². The van der Waals surface area contributed by atoms with E-state index in [0.717, 1.165) is 11.4 Å². The highest BCUT2D eigenvalue weighted by molar-refractivity contribution is 5.13. The van der Waals surface area contributed by atoms with Gasteiger partial charge in [0.15, 0.2) is 0 Å². The molecule has 0 amide bonds. The average Bonchev–Trinajstić information content (AvgIpc) is 2.37. The molecule has 4 nitrogen and oxygen atoms in total. The molecule has 0 aliphatic heterocycles. The summed E-state index contributed by atoms with van der Waals surface area (Å²) in [6, 6.07) is 10.5. The number of pyridine rings is 2. The van der Waals surface area contributed by atoms with Crippen molar-refractivity contribution in [2.45, 2.75) is 52.4 Å². The van der Waals surface area contributed by atoms with Crippen LogP contribution in [0.2, 0.25) is 0 Å². The maximum absolute atomic E-state index is 10.9. The predicted octanol–water partition coefficient (Wildman–Crippen LogP) is 3.34. The summed E-state index contributed by atoms with van der Waals surface area (Å²) in [7, 11) is 0. The molecular weight excluding hydrogens is 276 g/mol. The third-order valence-electron chi connectivity index (χ3n) is 3.15. The number of hydrogen-bond acceptors (Lipinski definition) is 2. The minimum Gasteiger partial charge on any atom is -0.326 e. The van der Waals surface area contributed by atoms with Crippen molar-refractivity contribution in [2.75, 3.05) is 0 Å². The first kappa shape index (κ1) is 18.0. The van der Waals surface area contributed by atoms with Crippen LogP contribution in [-0.2, 0) is 10.8 Å². The second-order valence-electron chi connectivity index (χ2n) is 7.36. The van der Waals surface area contributed by atoms with Crippen LogP contribution in [0.25, 0.3) is 0 Å². The Hall–Kier alpha value is -2.10. The molecule has 0 unspecified atom stereocenters. The van der Waals surface area contributed by atoms with Crippen molar-refractivity contribution in [3.63, 3.8) is 0 Å². The average molecular weight is 302 g/mol. The van der Waals surface area contributed by atoms with Gasteiger partial charge in [0, 0.05) is 34.4 Å². The highest BCUT2D eigenvalue weighted by atomic mass is 16.1. The van der Waals surface area contributed by atoms with Crippen LogP contribution in [0.1, 0.15) is 52.9 Å². The first-order valence-electron chi connectivity index (χ1n) is 7.40. The number of rotatable bonds is 0. The summed E-state index contributed by atoms with van der Waals surface area (Å²) in [4.78, 5) is 27.3. The lowest BCUT2D eigenvalue weighted by molar-refractivity contribution is 0.566. The molecule has 0 aliphatic carbocycles. The molecule has 4 heteroatoms. The molecule has 2 rings (SSSR count). The smallest absolute Gasteiger partial charge is 0.248 e. The molecule has 22 heavy (non-hydrogen) atoms. The monoisotopic (exact) mass is 302 g/mol. The lowest BCUT2D eigenvalue weighted by atomic mass is 9.92. The summed E-state index contributed by atoms with van der Waals surface area (Å²) < 4.78 is 0. The lowest BCUT2D eigenvalue weighted by Crippen LogP contribution is -2.18. The highest BCUT2D eigenvalue weighted by Crippen LogP contribution is 2.18. The molecule has 0 radical (unpaired) electrons. The Balaban J connectivity index is 0.000000220. The third-order valence-corrected chi connectivity index (χ3v) is 3.15. The van der Waals surface area contributed by atoms with E-state index in [1.807, 2.05) is 12.1 Å². The van der Waals surface area contributed by atoms with Crippen LogP contribution in [0.5, 0.6) is 0 Å². The first-order valence-corrected chi connectivity index (χ1v) is 7.40. The second kappa shape index (κ2) is 6.77. The van der Waals surface area contributed by atoms with Crippen molar-refractivity contribution < 1.29 is 0 Å². The van der Waals surface area contributed by atoms with Crippen molar-refractivity contribution in [2.24, 2.45) is 0 Å². The van der Waals surface area contributed by atoms with Gasteiger partial charge >= 0.3 is 0 Å². The van der Waals surface area contributed by atoms with E-state index in [1.54, 1.807) is 12.1 Å². The van der Waals surface area contributed by atoms with Crippen molar-refractivity contribution in [1.29, 1.82) is 0 Å². The molecule has 0 saturated carbocycles. The van der Waals surface area contributed by atoms with Crippen molar-refractivity contribution >= 4 is 0 Å². The summed E-state index contributed by atoms with van der Waals surface area (Å²) in [6.45, 7) is 12.4. The summed E-state index contributed by atoms with van der Waals surface area (Å²) >= 11 is 0. The zero-order chi connectivity index (χ0) is 17.0. The molecule has 0 aliphatic rings. The number of hydrogen-bond donors (Lipinski definition) is 2. The lowest BCUT2D eigenvalue weighted by Gasteiger charge is -2.17. The SMILES string of the molecule is CC(C)(C)c1cccc(=O)[nH]1.CC(C)(C)c1cccc(=O)[nH]1. The molecule has 0 atom stereocenters. The molecule has 2 aromatic heterocycles. The van der Waals surface area contributed by atoms with Gasteiger partial charge in [-0.15, -0.1) is 0 Å². The largest absolute Gasteiger partial charge is 0.326 e. The van der Waals surface area contributed by atoms with Crippen LogP contribution in [0.4, 0.5) is 0 Å². The van der Waals surface area contributed by atoms with Crippen LogP contribution in [0, 0.1) is 0 Å². The van der Waals surface area contributed by atoms with Crippen LogP contribution in [0.3, 0.4) is 0 Å². The minimum atomic E-state index is -0.0302. The van der Waals surface area contributed by atoms with E-state index in [4.69, 9.17) is 0 Å². The van der Waals surface area contributed by atoms with Gasteiger partial charge in [0.2, 0.25) is 11.1 Å². The molecular formula is C18H26N2O2. The Kier molecular flexibility index (Phi) is 5.53. The molecule has 2 N–H and O–H groups in total. The first-order chi connectivity index (χ1) is 10.00. The van der Waals surface area contributed by atoms with E-state index >= 15 is 0 Å². The van der Waals surface area contributed by atoms with Crippen LogP contribution in [-0.4, -0.2) is 9.97 Å². The normalized spacial score (nSPS) is 11.5. The number of nitrogens with one attached hydrogen (secondary N) is 2. The second-order valence-corrected chi connectivity index (χ2v) is 7.36. The zero-order valence-electron chi connectivity index (χ0n) is 14.3. The van der Waals surface area contributed by atoms with Crippen LogP contribution >= 0.6 is 0 Å². The quantitative estimate of drug-likeness (QED) is 0.784. The van der Waals surface area contributed by atoms with Gasteiger partial charge in [-0.05, 0) is 12.1 Å². The summed E-state index contributed by atoms with van der Waals surface area (Å²) in [5.41, 5.74) is 1.95. The Bertz CT molecular complexity index is 649. The van der Waals surface area contributed by atoms with E-state index in [9.17, 15) is 9.59 Å². The van der Waals surface area contributed by atoms with E-state index in [-0.39, 0.29) is 21.9 Å². The Morgan fingerprint density at radius 3 is 1.14 bits per heavy atom. The summed E-state index contributed by atoms with van der Waals surface area (Å²) in [6.07, 6.45) is 0. The molecule has 2 heterocycles. The van der Waals surface area contributed by atoms with E-state index < -0.39 is 0 Å². The Labute approximate surface area is 131 Å². The topological polar surface area (TPSA) is 65.7 Å². The van der Waals surface area contributed by atoms with Gasteiger partial charge in [-0.2, -0.15) is 0 Å². The molecule has 0 saturated heterocycles. The molecule has 0 bridgehead atoms. The standard InChI is InChI=1S/2C9H13NO/c2*1-9(2,3)7-5-4-6-8(11)10-7/h2*4-6H,1-3H3,(H,10,11). The fourth-order valence-electron chi connectivity index (χ4n) is 1.77. The maximum atomic E-state index is 10.9. The molecule has 0 aromatic carbocycles. The van der Waals surface area contributed by atoms with Gasteiger partial charge in [0.25, 0.3) is 0 Å². The molecule has 2 aromatic rings. The number of aromatic nitrogens is 2. The zero-order valence-corrected chi connectivity index (χ0v) is 14.3. The van der Waals surface area contributed by atoms with E-state index in [0.29, 0.717) is 0 Å². The van der Waals surface area contributed by atoms with Crippen molar-refractivity contribution in [1.82, 2.24) is 9.97 Å². The third kappa shape index (κ3) is 5.72. The van der Waals surface area contributed by atoms with E-state index in [2.05, 4.69) is 51.5 Å². The van der Waals surface area contributed by atoms with Crippen molar-refractivity contribution in [3.8, 4) is 0 Å². The fourth-order valence-corrected chi connectivity index (χ4v) is 1.77. The van der Waals surface area contributed by atoms with Gasteiger partial charge < -0.3 is 9.97 Å². The minimum absolute atomic E-state index is 0.0282. The number of H-pyrrole nitrogens is 2. The maximum Gasteiger partial charge on any atom is 0.248 e. The molecule has 0 spiro atoms. The Morgan fingerprint density at radius 1 is 0.636 bits per heavy atom. The highest BCUT2D eigenvalue weighted by Gasteiger charge is 2.13. The summed E-state index contributed by atoms with van der Waals surface area (Å²) in [5, 5.41) is 0. The van der Waals surface area contributed by atoms with Gasteiger partial charge in [-0.3, -0.25) is 9.59 Å². The summed E-state index contributed by atoms with van der Waals surface area (Å²) in [5.74, 6) is 0. The fraction of sp³-hybridized carbons (Fsp3) is 0.444. The van der Waals surface area contributed by atoms with Gasteiger partial charge in [-0.25, -0.2) is 0 Å². The van der Waals surface area contributed by atoms with E-state index in [1.165, 1.54) is 12.1 Å². The predicted molar refractivity (Wildman–Crippen MR) is 91.5 cm³/mol. The van der Waals surface area contributed by atoms with Gasteiger partial charge in [0.1, 0.15) is 0 Å². The van der Waals surface area contributed by atoms with Gasteiger partial charge in [0.05, 0.1) is 0 Å². The van der Waals surface area contributed by atoms with Crippen LogP contribution < -0.4 is 11.1 Å².